The van der Waals surface area contributed by atoms with Crippen molar-refractivity contribution in [2.24, 2.45) is 5.92 Å². The number of nitrogens with one attached hydrogen (secondary N) is 1. The SMILES string of the molecule is CC(C)CN(CC(=O)Nc1nc(CC(=O)N2CCCCC2)cs1)C(=O)c1ccc(Cl)cc1Cl. The van der Waals surface area contributed by atoms with Crippen molar-refractivity contribution in [1.82, 2.24) is 14.8 Å². The van der Waals surface area contributed by atoms with Crippen molar-refractivity contribution in [3.63, 3.8) is 0 Å². The molecular weight excluding hydrogens is 483 g/mol. The monoisotopic (exact) mass is 510 g/mol. The predicted octanol–water partition coefficient (Wildman–Crippen LogP) is 4.74. The fraction of sp³-hybridized carbons (Fsp3) is 0.478. The van der Waals surface area contributed by atoms with E-state index in [0.29, 0.717) is 28.0 Å². The third-order valence-corrected chi connectivity index (χ3v) is 6.56. The first-order valence-corrected chi connectivity index (χ1v) is 12.6. The van der Waals surface area contributed by atoms with E-state index >= 15 is 0 Å². The van der Waals surface area contributed by atoms with Gasteiger partial charge in [0.05, 0.1) is 22.7 Å². The molecule has 0 atom stereocenters. The number of piperidine rings is 1. The summed E-state index contributed by atoms with van der Waals surface area (Å²) >= 11 is 13.4. The highest BCUT2D eigenvalue weighted by Gasteiger charge is 2.23. The maximum atomic E-state index is 13.0. The Labute approximate surface area is 208 Å². The number of carbonyl (C=O) groups excluding carboxylic acids is 3. The second kappa shape index (κ2) is 11.8. The van der Waals surface area contributed by atoms with Crippen LogP contribution in [0.2, 0.25) is 10.0 Å². The van der Waals surface area contributed by atoms with E-state index in [2.05, 4.69) is 10.3 Å². The minimum Gasteiger partial charge on any atom is -0.342 e. The van der Waals surface area contributed by atoms with Crippen molar-refractivity contribution in [1.29, 1.82) is 0 Å². The van der Waals surface area contributed by atoms with Gasteiger partial charge in [-0.05, 0) is 43.4 Å². The molecule has 10 heteroatoms. The number of likely N-dealkylation sites (tertiary alicyclic amines) is 1. The molecule has 0 saturated carbocycles. The number of hydrogen-bond acceptors (Lipinski definition) is 5. The van der Waals surface area contributed by atoms with E-state index in [1.54, 1.807) is 17.5 Å². The first-order chi connectivity index (χ1) is 15.7. The number of nitrogens with zero attached hydrogens (tertiary/aromatic N) is 3. The summed E-state index contributed by atoms with van der Waals surface area (Å²) in [6.07, 6.45) is 3.46. The molecule has 0 radical (unpaired) electrons. The minimum atomic E-state index is -0.364. The van der Waals surface area contributed by atoms with Crippen LogP contribution in [-0.2, 0) is 16.0 Å². The van der Waals surface area contributed by atoms with Gasteiger partial charge < -0.3 is 15.1 Å². The summed E-state index contributed by atoms with van der Waals surface area (Å²) in [5, 5.41) is 5.60. The van der Waals surface area contributed by atoms with Gasteiger partial charge in [0.15, 0.2) is 5.13 Å². The first kappa shape index (κ1) is 25.5. The lowest BCUT2D eigenvalue weighted by molar-refractivity contribution is -0.131. The first-order valence-electron chi connectivity index (χ1n) is 11.0. The molecule has 178 valence electrons. The molecule has 1 aromatic heterocycles. The van der Waals surface area contributed by atoms with Crippen molar-refractivity contribution >= 4 is 57.4 Å². The lowest BCUT2D eigenvalue weighted by atomic mass is 10.1. The highest BCUT2D eigenvalue weighted by atomic mass is 35.5. The van der Waals surface area contributed by atoms with Crippen LogP contribution < -0.4 is 5.32 Å². The number of halogens is 2. The van der Waals surface area contributed by atoms with Crippen molar-refractivity contribution in [3.05, 3.63) is 44.9 Å². The Morgan fingerprint density at radius 2 is 1.91 bits per heavy atom. The fourth-order valence-corrected chi connectivity index (χ4v) is 4.90. The highest BCUT2D eigenvalue weighted by Crippen LogP contribution is 2.23. The second-order valence-electron chi connectivity index (χ2n) is 8.51. The van der Waals surface area contributed by atoms with Crippen LogP contribution in [0.4, 0.5) is 5.13 Å². The van der Waals surface area contributed by atoms with Gasteiger partial charge in [0, 0.05) is 30.0 Å². The Morgan fingerprint density at radius 3 is 2.58 bits per heavy atom. The van der Waals surface area contributed by atoms with Crippen molar-refractivity contribution in [2.45, 2.75) is 39.5 Å². The van der Waals surface area contributed by atoms with Crippen LogP contribution in [0.1, 0.15) is 49.2 Å². The summed E-state index contributed by atoms with van der Waals surface area (Å²) < 4.78 is 0. The third-order valence-electron chi connectivity index (χ3n) is 5.21. The summed E-state index contributed by atoms with van der Waals surface area (Å²) in [6, 6.07) is 4.66. The molecule has 1 fully saturated rings. The Morgan fingerprint density at radius 1 is 1.18 bits per heavy atom. The molecule has 1 aliphatic heterocycles. The maximum Gasteiger partial charge on any atom is 0.255 e. The molecule has 7 nitrogen and oxygen atoms in total. The summed E-state index contributed by atoms with van der Waals surface area (Å²) in [5.74, 6) is -0.490. The topological polar surface area (TPSA) is 82.6 Å². The number of amides is 3. The molecule has 33 heavy (non-hydrogen) atoms. The van der Waals surface area contributed by atoms with E-state index in [1.807, 2.05) is 18.7 Å². The fourth-order valence-electron chi connectivity index (χ4n) is 3.68. The molecule has 1 aromatic carbocycles. The maximum absolute atomic E-state index is 13.0. The number of thiazole rings is 1. The van der Waals surface area contributed by atoms with Gasteiger partial charge in [0.1, 0.15) is 6.54 Å². The zero-order valence-electron chi connectivity index (χ0n) is 18.8. The van der Waals surface area contributed by atoms with Crippen molar-refractivity contribution in [3.8, 4) is 0 Å². The summed E-state index contributed by atoms with van der Waals surface area (Å²) in [6.45, 7) is 5.77. The summed E-state index contributed by atoms with van der Waals surface area (Å²) in [7, 11) is 0. The Balaban J connectivity index is 1.61. The largest absolute Gasteiger partial charge is 0.342 e. The van der Waals surface area contributed by atoms with Crippen LogP contribution >= 0.6 is 34.5 Å². The van der Waals surface area contributed by atoms with Crippen LogP contribution in [0.5, 0.6) is 0 Å². The number of aromatic nitrogens is 1. The molecule has 2 aromatic rings. The van der Waals surface area contributed by atoms with E-state index in [9.17, 15) is 14.4 Å². The lowest BCUT2D eigenvalue weighted by Crippen LogP contribution is -2.40. The van der Waals surface area contributed by atoms with Gasteiger partial charge in [-0.2, -0.15) is 0 Å². The van der Waals surface area contributed by atoms with Crippen LogP contribution in [0, 0.1) is 5.92 Å². The predicted molar refractivity (Wildman–Crippen MR) is 132 cm³/mol. The van der Waals surface area contributed by atoms with Crippen LogP contribution in [-0.4, -0.2) is 58.7 Å². The molecular formula is C23H28Cl2N4O3S. The third kappa shape index (κ3) is 7.42. The minimum absolute atomic E-state index is 0.0615. The molecule has 1 saturated heterocycles. The number of carbonyl (C=O) groups is 3. The number of hydrogen-bond donors (Lipinski definition) is 1. The normalized spacial score (nSPS) is 13.8. The smallest absolute Gasteiger partial charge is 0.255 e. The Hall–Kier alpha value is -2.16. The van der Waals surface area contributed by atoms with Crippen LogP contribution in [0.25, 0.3) is 0 Å². The Bertz CT molecular complexity index is 1010. The van der Waals surface area contributed by atoms with Crippen LogP contribution in [0.15, 0.2) is 23.6 Å². The molecule has 1 aliphatic rings. The molecule has 0 bridgehead atoms. The second-order valence-corrected chi connectivity index (χ2v) is 10.2. The highest BCUT2D eigenvalue weighted by molar-refractivity contribution is 7.13. The van der Waals surface area contributed by atoms with Gasteiger partial charge in [-0.1, -0.05) is 37.0 Å². The van der Waals surface area contributed by atoms with Gasteiger partial charge in [-0.3, -0.25) is 14.4 Å². The van der Waals surface area contributed by atoms with E-state index in [-0.39, 0.29) is 41.6 Å². The van der Waals surface area contributed by atoms with E-state index in [1.165, 1.54) is 22.3 Å². The average molecular weight is 511 g/mol. The standard InChI is InChI=1S/C23H28Cl2N4O3S/c1-15(2)12-29(22(32)18-7-6-16(24)10-19(18)25)13-20(30)27-23-26-17(14-33-23)11-21(31)28-8-4-3-5-9-28/h6-7,10,14-15H,3-5,8-9,11-13H2,1-2H3,(H,26,27,30). The molecule has 3 rings (SSSR count). The van der Waals surface area contributed by atoms with Crippen molar-refractivity contribution in [2.75, 3.05) is 31.5 Å². The molecule has 0 aliphatic carbocycles. The van der Waals surface area contributed by atoms with Crippen molar-refractivity contribution < 1.29 is 14.4 Å². The van der Waals surface area contributed by atoms with Crippen LogP contribution in [0.3, 0.4) is 0 Å². The summed E-state index contributed by atoms with van der Waals surface area (Å²) in [4.78, 5) is 45.9. The number of rotatable bonds is 8. The van der Waals surface area contributed by atoms with Gasteiger partial charge >= 0.3 is 0 Å². The zero-order chi connectivity index (χ0) is 24.0. The average Bonchev–Trinajstić information content (AvgIpc) is 3.19. The summed E-state index contributed by atoms with van der Waals surface area (Å²) in [5.41, 5.74) is 0.927. The van der Waals surface area contributed by atoms with E-state index in [4.69, 9.17) is 23.2 Å². The Kier molecular flexibility index (Phi) is 9.11. The molecule has 3 amide bonds. The van der Waals surface area contributed by atoms with Gasteiger partial charge in [-0.25, -0.2) is 4.98 Å². The molecule has 1 N–H and O–H groups in total. The van der Waals surface area contributed by atoms with Gasteiger partial charge in [0.2, 0.25) is 11.8 Å². The number of benzene rings is 1. The quantitative estimate of drug-likeness (QED) is 0.555. The van der Waals surface area contributed by atoms with Gasteiger partial charge in [0.25, 0.3) is 5.91 Å². The van der Waals surface area contributed by atoms with E-state index < -0.39 is 0 Å². The molecule has 2 heterocycles. The lowest BCUT2D eigenvalue weighted by Gasteiger charge is -2.26. The van der Waals surface area contributed by atoms with Gasteiger partial charge in [-0.15, -0.1) is 11.3 Å². The number of anilines is 1. The molecule has 0 unspecified atom stereocenters. The molecule has 0 spiro atoms. The zero-order valence-corrected chi connectivity index (χ0v) is 21.1. The van der Waals surface area contributed by atoms with E-state index in [0.717, 1.165) is 32.4 Å².